The number of carbonyl (C=O) groups is 5. The number of Topliss-reactive ketones (excluding diaryl/α,β-unsaturated/α-hetero) is 1. The number of carbonyl (C=O) groups excluding carboxylic acids is 5. The summed E-state index contributed by atoms with van der Waals surface area (Å²) in [6, 6.07) is 15.1. The number of pyridine rings is 1. The van der Waals surface area contributed by atoms with Crippen LogP contribution in [0.1, 0.15) is 100 Å². The molecule has 318 valence electrons. The highest BCUT2D eigenvalue weighted by Crippen LogP contribution is 2.35. The minimum Gasteiger partial charge on any atom is -0.496 e. The number of hydrogen-bond acceptors (Lipinski definition) is 10. The number of nitrogens with one attached hydrogen (secondary N) is 3. The van der Waals surface area contributed by atoms with Gasteiger partial charge in [-0.05, 0) is 112 Å². The van der Waals surface area contributed by atoms with Crippen molar-refractivity contribution in [2.24, 2.45) is 23.5 Å². The van der Waals surface area contributed by atoms with Crippen LogP contribution in [0.5, 0.6) is 23.1 Å². The molecule has 1 saturated heterocycles. The van der Waals surface area contributed by atoms with Crippen LogP contribution in [0.25, 0.3) is 10.8 Å². The molecule has 4 aromatic rings. The smallest absolute Gasteiger partial charge is 0.299 e. The highest BCUT2D eigenvalue weighted by Gasteiger charge is 2.42. The molecule has 5 N–H and O–H groups in total. The van der Waals surface area contributed by atoms with Crippen LogP contribution >= 0.6 is 0 Å². The number of unbranched alkanes of at least 4 members (excludes halogenated alkanes) is 2. The first-order valence-electron chi connectivity index (χ1n) is 20.9. The van der Waals surface area contributed by atoms with E-state index in [9.17, 15) is 28.4 Å². The van der Waals surface area contributed by atoms with Crippen molar-refractivity contribution < 1.29 is 42.6 Å². The maximum Gasteiger partial charge on any atom is 0.299 e. The molecule has 3 aromatic carbocycles. The second kappa shape index (κ2) is 19.4. The third kappa shape index (κ3) is 9.84. The molecule has 0 unspecified atom stereocenters. The highest BCUT2D eigenvalue weighted by molar-refractivity contribution is 6.49. The second-order valence-corrected chi connectivity index (χ2v) is 15.9. The van der Waals surface area contributed by atoms with Gasteiger partial charge in [0.25, 0.3) is 29.4 Å². The Kier molecular flexibility index (Phi) is 13.6. The Hall–Kier alpha value is -6.33. The van der Waals surface area contributed by atoms with Gasteiger partial charge in [-0.2, -0.15) is 0 Å². The van der Waals surface area contributed by atoms with E-state index in [1.165, 1.54) is 13.2 Å². The molecule has 3 heterocycles. The van der Waals surface area contributed by atoms with E-state index in [0.29, 0.717) is 34.4 Å². The number of amides is 4. The van der Waals surface area contributed by atoms with E-state index in [2.05, 4.69) is 32.8 Å². The quantitative estimate of drug-likeness (QED) is 0.0452. The van der Waals surface area contributed by atoms with Crippen molar-refractivity contribution >= 4 is 40.2 Å². The number of nitrogens with zero attached hydrogens (tertiary/aromatic N) is 1. The Labute approximate surface area is 353 Å². The summed E-state index contributed by atoms with van der Waals surface area (Å²) in [6.07, 6.45) is 8.60. The van der Waals surface area contributed by atoms with Gasteiger partial charge in [-0.1, -0.05) is 43.4 Å². The zero-order valence-corrected chi connectivity index (χ0v) is 34.3. The highest BCUT2D eigenvalue weighted by atomic mass is 19.1. The number of aryl methyl sites for hydroxylation is 1. The summed E-state index contributed by atoms with van der Waals surface area (Å²) < 4.78 is 32.0. The summed E-state index contributed by atoms with van der Waals surface area (Å²) >= 11 is 0. The van der Waals surface area contributed by atoms with Gasteiger partial charge >= 0.3 is 0 Å². The molecular formula is C47H50FN5O8. The maximum atomic E-state index is 14.4. The molecule has 4 amide bonds. The van der Waals surface area contributed by atoms with Crippen molar-refractivity contribution in [3.05, 3.63) is 88.6 Å². The summed E-state index contributed by atoms with van der Waals surface area (Å²) in [5.41, 5.74) is 7.74. The van der Waals surface area contributed by atoms with Crippen molar-refractivity contribution in [3.63, 3.8) is 0 Å². The summed E-state index contributed by atoms with van der Waals surface area (Å²) in [5, 5.41) is 9.60. The first-order chi connectivity index (χ1) is 29.5. The molecule has 3 aliphatic rings. The molecule has 14 heteroatoms. The molecule has 0 spiro atoms. The predicted molar refractivity (Wildman–Crippen MR) is 225 cm³/mol. The van der Waals surface area contributed by atoms with Crippen molar-refractivity contribution in [1.29, 1.82) is 0 Å². The number of ketones is 1. The largest absolute Gasteiger partial charge is 0.496 e. The Morgan fingerprint density at radius 3 is 2.54 bits per heavy atom. The van der Waals surface area contributed by atoms with Crippen LogP contribution in [0.15, 0.2) is 60.8 Å². The lowest BCUT2D eigenvalue weighted by Gasteiger charge is -2.26. The average Bonchev–Trinajstić information content (AvgIpc) is 3.54. The van der Waals surface area contributed by atoms with Crippen LogP contribution in [0, 0.1) is 29.6 Å². The topological polar surface area (TPSA) is 188 Å². The lowest BCUT2D eigenvalue weighted by molar-refractivity contribution is -0.124. The fourth-order valence-corrected chi connectivity index (χ4v) is 8.44. The van der Waals surface area contributed by atoms with Crippen LogP contribution in [0.2, 0.25) is 0 Å². The number of fused-ring (bicyclic) bond motifs is 2. The molecule has 2 fully saturated rings. The molecule has 1 saturated carbocycles. The monoisotopic (exact) mass is 831 g/mol. The molecule has 3 atom stereocenters. The van der Waals surface area contributed by atoms with Gasteiger partial charge in [0.05, 0.1) is 29.8 Å². The summed E-state index contributed by atoms with van der Waals surface area (Å²) in [4.78, 5) is 65.4. The van der Waals surface area contributed by atoms with Crippen molar-refractivity contribution in [1.82, 2.24) is 20.9 Å². The van der Waals surface area contributed by atoms with E-state index >= 15 is 0 Å². The number of primary amides is 1. The van der Waals surface area contributed by atoms with Crippen LogP contribution in [-0.4, -0.2) is 73.4 Å². The molecule has 61 heavy (non-hydrogen) atoms. The first kappa shape index (κ1) is 42.8. The van der Waals surface area contributed by atoms with Gasteiger partial charge in [0.15, 0.2) is 6.17 Å². The van der Waals surface area contributed by atoms with Crippen molar-refractivity contribution in [2.45, 2.75) is 76.9 Å². The van der Waals surface area contributed by atoms with E-state index in [0.717, 1.165) is 70.0 Å². The third-order valence-corrected chi connectivity index (χ3v) is 11.8. The average molecular weight is 832 g/mol. The predicted octanol–water partition coefficient (Wildman–Crippen LogP) is 5.99. The standard InChI is InChI=1S/C47H50FN5O8/c1-3-32-37(52-45(57)41(32)48)26-60-47-35-23-39(59-2)36(43(49)55)22-34(35)30(25-51-47)19-18-27-14-16-29(17-15-27)24-50-20-6-4-5-9-28-10-7-11-31(21-28)61-38-13-8-12-33-40(38)44(56)53-46(58)42(33)54/h7-8,10-13,21-23,25,27,29,32,37,41,50H,3-6,9,14-17,20,24,26H2,1-2H3,(H2,49,55)(H,52,57)(H,53,56,58)/t27?,29?,32-,37+,41-/m0/s1. The van der Waals surface area contributed by atoms with E-state index in [1.54, 1.807) is 36.5 Å². The summed E-state index contributed by atoms with van der Waals surface area (Å²) in [5.74, 6) is 4.73. The van der Waals surface area contributed by atoms with Gasteiger partial charge in [0.2, 0.25) is 5.88 Å². The molecule has 2 aliphatic heterocycles. The van der Waals surface area contributed by atoms with E-state index in [1.807, 2.05) is 25.1 Å². The van der Waals surface area contributed by atoms with E-state index < -0.39 is 47.5 Å². The van der Waals surface area contributed by atoms with Crippen LogP contribution < -0.4 is 35.9 Å². The number of hydrogen-bond donors (Lipinski definition) is 4. The number of alkyl halides is 1. The minimum atomic E-state index is -1.58. The van der Waals surface area contributed by atoms with Crippen LogP contribution in [-0.2, 0) is 16.0 Å². The van der Waals surface area contributed by atoms with Gasteiger partial charge in [-0.25, -0.2) is 9.37 Å². The SMILES string of the molecule is CC[C@@H]1[C@H](F)C(=O)N[C@@H]1COc1ncc(C#CC2CCC(CNCCCCCc3cccc(Oc4cccc5c4C(=O)NC(=O)C5=O)c3)CC2)c2cc(C(N)=O)c(OC)cc12. The molecular weight excluding hydrogens is 782 g/mol. The van der Waals surface area contributed by atoms with Crippen LogP contribution in [0.3, 0.4) is 0 Å². The van der Waals surface area contributed by atoms with Gasteiger partial charge in [-0.3, -0.25) is 29.3 Å². The summed E-state index contributed by atoms with van der Waals surface area (Å²) in [7, 11) is 1.45. The number of methoxy groups -OCH3 is 1. The van der Waals surface area contributed by atoms with Gasteiger partial charge in [-0.15, -0.1) is 0 Å². The number of ether oxygens (including phenoxy) is 3. The molecule has 7 rings (SSSR count). The fourth-order valence-electron chi connectivity index (χ4n) is 8.44. The number of aromatic nitrogens is 1. The lowest BCUT2D eigenvalue weighted by Crippen LogP contribution is -2.42. The van der Waals surface area contributed by atoms with Crippen LogP contribution in [0.4, 0.5) is 4.39 Å². The van der Waals surface area contributed by atoms with Gasteiger partial charge in [0.1, 0.15) is 23.9 Å². The fraction of sp³-hybridized carbons (Fsp3) is 0.404. The Bertz CT molecular complexity index is 2400. The molecule has 1 aromatic heterocycles. The number of benzene rings is 3. The molecule has 1 aliphatic carbocycles. The number of halogens is 1. The van der Waals surface area contributed by atoms with Gasteiger partial charge in [0, 0.05) is 34.4 Å². The Morgan fingerprint density at radius 2 is 1.77 bits per heavy atom. The van der Waals surface area contributed by atoms with Crippen molar-refractivity contribution in [3.8, 4) is 35.0 Å². The number of imide groups is 1. The Morgan fingerprint density at radius 1 is 0.967 bits per heavy atom. The molecule has 13 nitrogen and oxygen atoms in total. The number of rotatable bonds is 16. The minimum absolute atomic E-state index is 0.0303. The zero-order valence-electron chi connectivity index (χ0n) is 34.3. The van der Waals surface area contributed by atoms with E-state index in [-0.39, 0.29) is 46.6 Å². The summed E-state index contributed by atoms with van der Waals surface area (Å²) in [6.45, 7) is 3.76. The second-order valence-electron chi connectivity index (χ2n) is 15.9. The molecule has 0 bridgehead atoms. The zero-order chi connectivity index (χ0) is 43.0. The molecule has 0 radical (unpaired) electrons. The lowest BCUT2D eigenvalue weighted by atomic mass is 9.82. The van der Waals surface area contributed by atoms with Gasteiger partial charge < -0.3 is 30.6 Å². The number of nitrogens with two attached hydrogens (primary N) is 1. The third-order valence-electron chi connectivity index (χ3n) is 11.8. The first-order valence-corrected chi connectivity index (χ1v) is 20.9. The normalized spacial score (nSPS) is 20.9. The Balaban J connectivity index is 0.863. The maximum absolute atomic E-state index is 14.4. The van der Waals surface area contributed by atoms with E-state index in [4.69, 9.17) is 19.9 Å². The van der Waals surface area contributed by atoms with Crippen molar-refractivity contribution in [2.75, 3.05) is 26.8 Å².